The van der Waals surface area contributed by atoms with Gasteiger partial charge in [-0.05, 0) is 25.0 Å². The molecule has 0 saturated carbocycles. The van der Waals surface area contributed by atoms with Gasteiger partial charge in [0.2, 0.25) is 10.0 Å². The maximum atomic E-state index is 12.8. The first-order valence-electron chi connectivity index (χ1n) is 7.80. The third kappa shape index (κ3) is 3.45. The molecule has 128 valence electrons. The van der Waals surface area contributed by atoms with Crippen LogP contribution in [0.15, 0.2) is 29.2 Å². The average molecular weight is 358 g/mol. The van der Waals surface area contributed by atoms with Crippen molar-refractivity contribution in [2.75, 3.05) is 37.7 Å². The molecule has 0 spiro atoms. The fourth-order valence-corrected chi connectivity index (χ4v) is 6.77. The van der Waals surface area contributed by atoms with Gasteiger partial charge >= 0.3 is 0 Å². The molecule has 2 fully saturated rings. The molecular formula is C15H22N2O4S2. The van der Waals surface area contributed by atoms with Crippen LogP contribution in [0, 0.1) is 6.92 Å². The number of sulfone groups is 1. The zero-order valence-corrected chi connectivity index (χ0v) is 14.8. The van der Waals surface area contributed by atoms with Crippen molar-refractivity contribution in [3.63, 3.8) is 0 Å². The third-order valence-corrected chi connectivity index (χ3v) is 8.52. The summed E-state index contributed by atoms with van der Waals surface area (Å²) in [6.07, 6.45) is 0.660. The number of piperazine rings is 1. The summed E-state index contributed by atoms with van der Waals surface area (Å²) in [7, 11) is -6.38. The molecule has 2 heterocycles. The van der Waals surface area contributed by atoms with Crippen molar-refractivity contribution >= 4 is 19.9 Å². The number of sulfonamides is 1. The minimum Gasteiger partial charge on any atom is -0.297 e. The fourth-order valence-electron chi connectivity index (χ4n) is 3.36. The molecule has 2 saturated heterocycles. The van der Waals surface area contributed by atoms with Crippen LogP contribution in [-0.2, 0) is 19.9 Å². The number of hydrogen-bond acceptors (Lipinski definition) is 5. The van der Waals surface area contributed by atoms with Crippen molar-refractivity contribution < 1.29 is 16.8 Å². The van der Waals surface area contributed by atoms with E-state index in [4.69, 9.17) is 0 Å². The second kappa shape index (κ2) is 6.16. The molecule has 8 heteroatoms. The lowest BCUT2D eigenvalue weighted by Gasteiger charge is -2.37. The monoisotopic (exact) mass is 358 g/mol. The summed E-state index contributed by atoms with van der Waals surface area (Å²) in [6, 6.07) is 7.04. The smallest absolute Gasteiger partial charge is 0.243 e. The van der Waals surface area contributed by atoms with Crippen molar-refractivity contribution in [3.05, 3.63) is 29.8 Å². The SMILES string of the molecule is Cc1ccccc1S(=O)(=O)N1CCN(C2CCS(=O)(=O)C2)CC1. The lowest BCUT2D eigenvalue weighted by molar-refractivity contribution is 0.148. The fraction of sp³-hybridized carbons (Fsp3) is 0.600. The van der Waals surface area contributed by atoms with Crippen LogP contribution in [0.5, 0.6) is 0 Å². The molecule has 1 unspecified atom stereocenters. The molecule has 0 bridgehead atoms. The molecule has 0 amide bonds. The summed E-state index contributed by atoms with van der Waals surface area (Å²) in [6.45, 7) is 3.80. The van der Waals surface area contributed by atoms with Crippen molar-refractivity contribution in [2.45, 2.75) is 24.3 Å². The highest BCUT2D eigenvalue weighted by molar-refractivity contribution is 7.91. The molecule has 23 heavy (non-hydrogen) atoms. The van der Waals surface area contributed by atoms with Gasteiger partial charge in [0.05, 0.1) is 16.4 Å². The Hall–Kier alpha value is -0.960. The van der Waals surface area contributed by atoms with Gasteiger partial charge < -0.3 is 0 Å². The van der Waals surface area contributed by atoms with Gasteiger partial charge in [0.25, 0.3) is 0 Å². The highest BCUT2D eigenvalue weighted by Gasteiger charge is 2.36. The Morgan fingerprint density at radius 2 is 1.74 bits per heavy atom. The summed E-state index contributed by atoms with van der Waals surface area (Å²) in [5.41, 5.74) is 0.747. The second-order valence-corrected chi connectivity index (χ2v) is 10.4. The Morgan fingerprint density at radius 3 is 2.30 bits per heavy atom. The van der Waals surface area contributed by atoms with E-state index in [1.165, 1.54) is 4.31 Å². The standard InChI is InChI=1S/C15H22N2O4S2/c1-13-4-2-3-5-15(13)23(20,21)17-9-7-16(8-10-17)14-6-11-22(18,19)12-14/h2-5,14H,6-12H2,1H3. The number of hydrogen-bond donors (Lipinski definition) is 0. The van der Waals surface area contributed by atoms with Crippen LogP contribution < -0.4 is 0 Å². The Labute approximate surface area is 138 Å². The minimum absolute atomic E-state index is 0.0447. The molecule has 1 aromatic rings. The Balaban J connectivity index is 1.68. The first-order chi connectivity index (χ1) is 10.8. The van der Waals surface area contributed by atoms with E-state index in [1.54, 1.807) is 25.1 Å². The molecule has 2 aliphatic heterocycles. The third-order valence-electron chi connectivity index (χ3n) is 4.71. The minimum atomic E-state index is -3.47. The zero-order valence-electron chi connectivity index (χ0n) is 13.2. The van der Waals surface area contributed by atoms with Crippen molar-refractivity contribution in [1.82, 2.24) is 9.21 Å². The van der Waals surface area contributed by atoms with Crippen molar-refractivity contribution in [3.8, 4) is 0 Å². The van der Waals surface area contributed by atoms with Crippen LogP contribution in [0.2, 0.25) is 0 Å². The van der Waals surface area contributed by atoms with E-state index in [9.17, 15) is 16.8 Å². The first kappa shape index (κ1) is 16.9. The van der Waals surface area contributed by atoms with Crippen LogP contribution in [0.1, 0.15) is 12.0 Å². The highest BCUT2D eigenvalue weighted by Crippen LogP contribution is 2.23. The van der Waals surface area contributed by atoms with Crippen LogP contribution >= 0.6 is 0 Å². The summed E-state index contributed by atoms with van der Waals surface area (Å²) in [5, 5.41) is 0. The Kier molecular flexibility index (Phi) is 4.52. The molecule has 6 nitrogen and oxygen atoms in total. The average Bonchev–Trinajstić information content (AvgIpc) is 2.88. The van der Waals surface area contributed by atoms with Gasteiger partial charge in [0, 0.05) is 32.2 Å². The van der Waals surface area contributed by atoms with Gasteiger partial charge in [-0.2, -0.15) is 4.31 Å². The van der Waals surface area contributed by atoms with Crippen LogP contribution in [0.3, 0.4) is 0 Å². The molecule has 0 aliphatic carbocycles. The van der Waals surface area contributed by atoms with Crippen molar-refractivity contribution in [1.29, 1.82) is 0 Å². The predicted molar refractivity (Wildman–Crippen MR) is 88.6 cm³/mol. The normalized spacial score (nSPS) is 26.4. The van der Waals surface area contributed by atoms with Crippen LogP contribution in [0.4, 0.5) is 0 Å². The van der Waals surface area contributed by atoms with E-state index in [1.807, 2.05) is 6.07 Å². The molecule has 0 radical (unpaired) electrons. The Morgan fingerprint density at radius 1 is 1.09 bits per heavy atom. The Bertz CT molecular complexity index is 781. The molecule has 1 aromatic carbocycles. The maximum Gasteiger partial charge on any atom is 0.243 e. The van der Waals surface area contributed by atoms with Gasteiger partial charge in [-0.15, -0.1) is 0 Å². The van der Waals surface area contributed by atoms with E-state index in [-0.39, 0.29) is 17.5 Å². The van der Waals surface area contributed by atoms with Crippen LogP contribution in [-0.4, -0.2) is 69.8 Å². The molecule has 3 rings (SSSR count). The van der Waals surface area contributed by atoms with E-state index in [0.29, 0.717) is 37.5 Å². The molecule has 2 aliphatic rings. The highest BCUT2D eigenvalue weighted by atomic mass is 32.2. The van der Waals surface area contributed by atoms with E-state index < -0.39 is 19.9 Å². The van der Waals surface area contributed by atoms with E-state index >= 15 is 0 Å². The molecule has 1 atom stereocenters. The zero-order chi connectivity index (χ0) is 16.7. The lowest BCUT2D eigenvalue weighted by Crippen LogP contribution is -2.52. The molecular weight excluding hydrogens is 336 g/mol. The van der Waals surface area contributed by atoms with Gasteiger partial charge in [-0.1, -0.05) is 18.2 Å². The van der Waals surface area contributed by atoms with Gasteiger partial charge in [0.1, 0.15) is 0 Å². The van der Waals surface area contributed by atoms with Gasteiger partial charge in [-0.3, -0.25) is 4.90 Å². The quantitative estimate of drug-likeness (QED) is 0.786. The summed E-state index contributed by atoms with van der Waals surface area (Å²) in [4.78, 5) is 2.48. The maximum absolute atomic E-state index is 12.8. The number of aryl methyl sites for hydroxylation is 1. The van der Waals surface area contributed by atoms with Crippen LogP contribution in [0.25, 0.3) is 0 Å². The number of nitrogens with zero attached hydrogens (tertiary/aromatic N) is 2. The number of benzene rings is 1. The first-order valence-corrected chi connectivity index (χ1v) is 11.1. The van der Waals surface area contributed by atoms with Gasteiger partial charge in [0.15, 0.2) is 9.84 Å². The van der Waals surface area contributed by atoms with E-state index in [0.717, 1.165) is 5.56 Å². The van der Waals surface area contributed by atoms with E-state index in [2.05, 4.69) is 4.90 Å². The lowest BCUT2D eigenvalue weighted by atomic mass is 10.2. The largest absolute Gasteiger partial charge is 0.297 e. The number of rotatable bonds is 3. The summed E-state index contributed by atoms with van der Waals surface area (Å²) >= 11 is 0. The molecule has 0 aromatic heterocycles. The summed E-state index contributed by atoms with van der Waals surface area (Å²) in [5.74, 6) is 0.455. The second-order valence-electron chi connectivity index (χ2n) is 6.26. The van der Waals surface area contributed by atoms with Gasteiger partial charge in [-0.25, -0.2) is 16.8 Å². The molecule has 0 N–H and O–H groups in total. The van der Waals surface area contributed by atoms with Crippen molar-refractivity contribution in [2.24, 2.45) is 0 Å². The summed E-state index contributed by atoms with van der Waals surface area (Å²) < 4.78 is 50.2. The topological polar surface area (TPSA) is 74.8 Å². The predicted octanol–water partition coefficient (Wildman–Crippen LogP) is 0.488.